The third-order valence-corrected chi connectivity index (χ3v) is 2.42. The first-order chi connectivity index (χ1) is 5.41. The summed E-state index contributed by atoms with van der Waals surface area (Å²) in [5, 5.41) is 0. The van der Waals surface area contributed by atoms with Gasteiger partial charge in [0.1, 0.15) is 4.60 Å². The summed E-state index contributed by atoms with van der Waals surface area (Å²) in [6.07, 6.45) is 1.87. The fraction of sp³-hybridized carbons (Fsp3) is 0.500. The van der Waals surface area contributed by atoms with E-state index < -0.39 is 0 Å². The molecular weight excluding hydrogens is 214 g/mol. The van der Waals surface area contributed by atoms with Crippen LogP contribution in [0.25, 0.3) is 0 Å². The third-order valence-electron chi connectivity index (χ3n) is 1.78. The van der Waals surface area contributed by atoms with E-state index in [1.54, 1.807) is 0 Å². The number of rotatable bonds is 0. The van der Waals surface area contributed by atoms with Crippen molar-refractivity contribution >= 4 is 15.9 Å². The minimum Gasteiger partial charge on any atom is -0.249 e. The second kappa shape index (κ2) is 3.17. The van der Waals surface area contributed by atoms with Crippen LogP contribution in [0.2, 0.25) is 0 Å². The van der Waals surface area contributed by atoms with Crippen LogP contribution < -0.4 is 0 Å². The number of nitrogens with zero attached hydrogens (tertiary/aromatic N) is 1. The van der Waals surface area contributed by atoms with Crippen molar-refractivity contribution in [2.24, 2.45) is 0 Å². The van der Waals surface area contributed by atoms with Gasteiger partial charge in [0.25, 0.3) is 0 Å². The molecule has 66 valence electrons. The van der Waals surface area contributed by atoms with Gasteiger partial charge in [0.15, 0.2) is 0 Å². The maximum atomic E-state index is 4.26. The third kappa shape index (κ3) is 2.07. The van der Waals surface area contributed by atoms with Gasteiger partial charge in [-0.15, -0.1) is 0 Å². The quantitative estimate of drug-likeness (QED) is 0.619. The van der Waals surface area contributed by atoms with E-state index in [-0.39, 0.29) is 5.41 Å². The van der Waals surface area contributed by atoms with Crippen LogP contribution in [-0.2, 0) is 5.41 Å². The molecule has 0 atom stereocenters. The van der Waals surface area contributed by atoms with E-state index in [1.807, 2.05) is 6.20 Å². The Labute approximate surface area is 82.3 Å². The summed E-state index contributed by atoms with van der Waals surface area (Å²) in [5.74, 6) is 0. The lowest BCUT2D eigenvalue weighted by molar-refractivity contribution is 0.583. The van der Waals surface area contributed by atoms with Crippen molar-refractivity contribution in [2.75, 3.05) is 0 Å². The normalized spacial score (nSPS) is 11.8. The van der Waals surface area contributed by atoms with Crippen LogP contribution in [0.15, 0.2) is 16.9 Å². The first kappa shape index (κ1) is 9.72. The summed E-state index contributed by atoms with van der Waals surface area (Å²) >= 11 is 3.46. The van der Waals surface area contributed by atoms with Gasteiger partial charge in [0.05, 0.1) is 0 Å². The van der Waals surface area contributed by atoms with Crippen LogP contribution in [-0.4, -0.2) is 4.98 Å². The van der Waals surface area contributed by atoms with Crippen LogP contribution in [0.4, 0.5) is 0 Å². The minimum absolute atomic E-state index is 0.165. The van der Waals surface area contributed by atoms with Gasteiger partial charge in [0, 0.05) is 6.20 Å². The van der Waals surface area contributed by atoms with Gasteiger partial charge < -0.3 is 0 Å². The fourth-order valence-corrected chi connectivity index (χ4v) is 1.89. The van der Waals surface area contributed by atoms with Crippen molar-refractivity contribution in [3.8, 4) is 0 Å². The zero-order chi connectivity index (χ0) is 9.35. The van der Waals surface area contributed by atoms with Gasteiger partial charge in [-0.05, 0) is 39.4 Å². The van der Waals surface area contributed by atoms with Crippen molar-refractivity contribution in [1.29, 1.82) is 0 Å². The Kier molecular flexibility index (Phi) is 2.57. The second-order valence-electron chi connectivity index (χ2n) is 4.10. The molecule has 0 spiro atoms. The molecular formula is C10H14BrN. The van der Waals surface area contributed by atoms with E-state index in [0.29, 0.717) is 0 Å². The molecule has 0 aliphatic rings. The Bertz CT molecular complexity index is 286. The number of aromatic nitrogens is 1. The summed E-state index contributed by atoms with van der Waals surface area (Å²) < 4.78 is 0.959. The molecule has 0 aliphatic heterocycles. The number of pyridine rings is 1. The molecule has 0 saturated carbocycles. The standard InChI is InChI=1S/C10H14BrN/c1-7-5-8(10(2,3)4)9(11)12-6-7/h5-6H,1-4H3. The smallest absolute Gasteiger partial charge is 0.109 e. The summed E-state index contributed by atoms with van der Waals surface area (Å²) in [7, 11) is 0. The molecule has 0 fully saturated rings. The number of hydrogen-bond acceptors (Lipinski definition) is 1. The number of aryl methyl sites for hydroxylation is 1. The van der Waals surface area contributed by atoms with Crippen molar-refractivity contribution in [3.63, 3.8) is 0 Å². The zero-order valence-corrected chi connectivity index (χ0v) is 9.57. The lowest BCUT2D eigenvalue weighted by Gasteiger charge is -2.20. The van der Waals surface area contributed by atoms with Crippen molar-refractivity contribution in [3.05, 3.63) is 28.0 Å². The molecule has 0 amide bonds. The molecule has 1 nitrogen and oxygen atoms in total. The average molecular weight is 228 g/mol. The molecule has 0 unspecified atom stereocenters. The zero-order valence-electron chi connectivity index (χ0n) is 7.98. The maximum Gasteiger partial charge on any atom is 0.109 e. The monoisotopic (exact) mass is 227 g/mol. The summed E-state index contributed by atoms with van der Waals surface area (Å²) in [5.41, 5.74) is 2.64. The molecule has 1 aromatic heterocycles. The Balaban J connectivity index is 3.23. The van der Waals surface area contributed by atoms with Gasteiger partial charge >= 0.3 is 0 Å². The van der Waals surface area contributed by atoms with Gasteiger partial charge in [0.2, 0.25) is 0 Å². The van der Waals surface area contributed by atoms with E-state index >= 15 is 0 Å². The largest absolute Gasteiger partial charge is 0.249 e. The van der Waals surface area contributed by atoms with E-state index in [1.165, 1.54) is 11.1 Å². The molecule has 0 aliphatic carbocycles. The Morgan fingerprint density at radius 1 is 1.33 bits per heavy atom. The van der Waals surface area contributed by atoms with Gasteiger partial charge in [-0.1, -0.05) is 26.8 Å². The molecule has 1 rings (SSSR count). The fourth-order valence-electron chi connectivity index (χ4n) is 1.08. The highest BCUT2D eigenvalue weighted by Crippen LogP contribution is 2.28. The highest BCUT2D eigenvalue weighted by Gasteiger charge is 2.17. The topological polar surface area (TPSA) is 12.9 Å². The molecule has 2 heteroatoms. The first-order valence-electron chi connectivity index (χ1n) is 4.04. The van der Waals surface area contributed by atoms with Gasteiger partial charge in [-0.3, -0.25) is 0 Å². The SMILES string of the molecule is Cc1cnc(Br)c(C(C)(C)C)c1. The maximum absolute atomic E-state index is 4.26. The summed E-state index contributed by atoms with van der Waals surface area (Å²) in [6, 6.07) is 2.18. The number of halogens is 1. The Morgan fingerprint density at radius 2 is 1.92 bits per heavy atom. The van der Waals surface area contributed by atoms with Crippen molar-refractivity contribution < 1.29 is 0 Å². The van der Waals surface area contributed by atoms with Crippen LogP contribution in [0.5, 0.6) is 0 Å². The first-order valence-corrected chi connectivity index (χ1v) is 4.83. The molecule has 1 aromatic rings. The second-order valence-corrected chi connectivity index (χ2v) is 4.85. The van der Waals surface area contributed by atoms with E-state index in [0.717, 1.165) is 4.60 Å². The predicted octanol–water partition coefficient (Wildman–Crippen LogP) is 3.45. The van der Waals surface area contributed by atoms with E-state index in [9.17, 15) is 0 Å². The van der Waals surface area contributed by atoms with E-state index in [4.69, 9.17) is 0 Å². The van der Waals surface area contributed by atoms with Gasteiger partial charge in [-0.2, -0.15) is 0 Å². The van der Waals surface area contributed by atoms with Crippen molar-refractivity contribution in [2.45, 2.75) is 33.1 Å². The highest BCUT2D eigenvalue weighted by atomic mass is 79.9. The summed E-state index contributed by atoms with van der Waals surface area (Å²) in [6.45, 7) is 8.63. The molecule has 1 heterocycles. The number of hydrogen-bond donors (Lipinski definition) is 0. The van der Waals surface area contributed by atoms with Crippen LogP contribution >= 0.6 is 15.9 Å². The Morgan fingerprint density at radius 3 is 2.33 bits per heavy atom. The van der Waals surface area contributed by atoms with Crippen molar-refractivity contribution in [1.82, 2.24) is 4.98 Å². The minimum atomic E-state index is 0.165. The molecule has 12 heavy (non-hydrogen) atoms. The molecule has 0 bridgehead atoms. The summed E-state index contributed by atoms with van der Waals surface area (Å²) in [4.78, 5) is 4.26. The van der Waals surface area contributed by atoms with Crippen LogP contribution in [0.3, 0.4) is 0 Å². The molecule has 0 saturated heterocycles. The molecule has 0 radical (unpaired) electrons. The average Bonchev–Trinajstić information content (AvgIpc) is 1.92. The predicted molar refractivity (Wildman–Crippen MR) is 55.4 cm³/mol. The Hall–Kier alpha value is -0.370. The highest BCUT2D eigenvalue weighted by molar-refractivity contribution is 9.10. The molecule has 0 N–H and O–H groups in total. The van der Waals surface area contributed by atoms with Crippen LogP contribution in [0.1, 0.15) is 31.9 Å². The van der Waals surface area contributed by atoms with E-state index in [2.05, 4.69) is 54.7 Å². The lowest BCUT2D eigenvalue weighted by Crippen LogP contribution is -2.12. The molecule has 0 aromatic carbocycles. The van der Waals surface area contributed by atoms with Crippen LogP contribution in [0, 0.1) is 6.92 Å². The van der Waals surface area contributed by atoms with Gasteiger partial charge in [-0.25, -0.2) is 4.98 Å². The lowest BCUT2D eigenvalue weighted by atomic mass is 9.88.